The van der Waals surface area contributed by atoms with Crippen LogP contribution in [0.15, 0.2) is 29.3 Å². The molecule has 0 fully saturated rings. The quantitative estimate of drug-likeness (QED) is 0.355. The molecule has 1 rings (SSSR count). The van der Waals surface area contributed by atoms with Gasteiger partial charge in [0.25, 0.3) is 0 Å². The van der Waals surface area contributed by atoms with Crippen LogP contribution in [-0.2, 0) is 14.3 Å². The Balaban J connectivity index is 2.89. The fourth-order valence-corrected chi connectivity index (χ4v) is 1.20. The predicted octanol–water partition coefficient (Wildman–Crippen LogP) is 0.994. The molecule has 0 saturated heterocycles. The Morgan fingerprint density at radius 3 is 2.37 bits per heavy atom. The lowest BCUT2D eigenvalue weighted by atomic mass is 10.2. The Bertz CT molecular complexity index is 532. The summed E-state index contributed by atoms with van der Waals surface area (Å²) in [5.41, 5.74) is 0.313. The number of aliphatic imine (C=N–C) groups is 1. The van der Waals surface area contributed by atoms with E-state index in [9.17, 15) is 19.5 Å². The third-order valence-corrected chi connectivity index (χ3v) is 2.35. The van der Waals surface area contributed by atoms with E-state index in [-0.39, 0.29) is 17.7 Å². The van der Waals surface area contributed by atoms with E-state index >= 15 is 0 Å². The van der Waals surface area contributed by atoms with Gasteiger partial charge in [-0.15, -0.1) is 0 Å². The molecule has 1 aromatic carbocycles. The van der Waals surface area contributed by atoms with Gasteiger partial charge in [-0.05, 0) is 24.3 Å². The van der Waals surface area contributed by atoms with E-state index in [0.29, 0.717) is 0 Å². The lowest BCUT2D eigenvalue weighted by molar-refractivity contribution is -0.204. The minimum Gasteiger partial charge on any atom is -0.476 e. The zero-order valence-corrected chi connectivity index (χ0v) is 9.99. The van der Waals surface area contributed by atoms with Crippen molar-refractivity contribution in [1.82, 2.24) is 0 Å². The highest BCUT2D eigenvalue weighted by Gasteiger charge is 2.38. The lowest BCUT2D eigenvalue weighted by Crippen LogP contribution is -2.42. The summed E-state index contributed by atoms with van der Waals surface area (Å²) >= 11 is 0. The van der Waals surface area contributed by atoms with Gasteiger partial charge in [0.1, 0.15) is 0 Å². The zero-order chi connectivity index (χ0) is 14.5. The molecule has 2 N–H and O–H groups in total. The normalized spacial score (nSPS) is 12.9. The van der Waals surface area contributed by atoms with Crippen molar-refractivity contribution < 1.29 is 29.3 Å². The smallest absolute Gasteiger partial charge is 0.377 e. The van der Waals surface area contributed by atoms with E-state index < -0.39 is 17.7 Å². The van der Waals surface area contributed by atoms with Crippen molar-refractivity contribution in [3.8, 4) is 0 Å². The maximum Gasteiger partial charge on any atom is 0.377 e. The number of isocyanates is 1. The molecule has 0 amide bonds. The van der Waals surface area contributed by atoms with Crippen molar-refractivity contribution in [2.45, 2.75) is 19.1 Å². The van der Waals surface area contributed by atoms with E-state index in [2.05, 4.69) is 9.73 Å². The summed E-state index contributed by atoms with van der Waals surface area (Å²) < 4.78 is 4.54. The molecule has 1 atom stereocenters. The van der Waals surface area contributed by atoms with Crippen LogP contribution in [0.2, 0.25) is 0 Å². The van der Waals surface area contributed by atoms with Crippen LogP contribution < -0.4 is 0 Å². The summed E-state index contributed by atoms with van der Waals surface area (Å²) in [6.45, 7) is 1.36. The number of aliphatic hydroxyl groups is 1. The number of carbonyl (C=O) groups excluding carboxylic acids is 2. The summed E-state index contributed by atoms with van der Waals surface area (Å²) in [5.74, 6) is -5.20. The van der Waals surface area contributed by atoms with E-state index in [0.717, 1.165) is 0 Å². The van der Waals surface area contributed by atoms with Gasteiger partial charge in [-0.1, -0.05) is 6.92 Å². The van der Waals surface area contributed by atoms with Crippen molar-refractivity contribution in [3.05, 3.63) is 29.8 Å². The van der Waals surface area contributed by atoms with E-state index in [4.69, 9.17) is 5.11 Å². The molecule has 19 heavy (non-hydrogen) atoms. The SMILES string of the molecule is CCC(O)(OC(=O)c1ccc(N=C=O)cc1)C(=O)O. The molecule has 7 nitrogen and oxygen atoms in total. The second-order valence-corrected chi connectivity index (χ2v) is 3.58. The Morgan fingerprint density at radius 1 is 1.37 bits per heavy atom. The fourth-order valence-electron chi connectivity index (χ4n) is 1.20. The second-order valence-electron chi connectivity index (χ2n) is 3.58. The molecule has 100 valence electrons. The summed E-state index contributed by atoms with van der Waals surface area (Å²) in [6.07, 6.45) is 1.05. The molecule has 0 radical (unpaired) electrons. The highest BCUT2D eigenvalue weighted by Crippen LogP contribution is 2.17. The van der Waals surface area contributed by atoms with E-state index in [1.54, 1.807) is 0 Å². The van der Waals surface area contributed by atoms with Gasteiger partial charge in [0.15, 0.2) is 0 Å². The molecule has 0 aliphatic carbocycles. The van der Waals surface area contributed by atoms with Crippen molar-refractivity contribution >= 4 is 23.7 Å². The number of benzene rings is 1. The molecule has 0 aliphatic heterocycles. The standard InChI is InChI=1S/C12H11NO6/c1-2-12(18,11(16)17)19-10(15)8-3-5-9(6-4-8)13-7-14/h3-6,18H,2H2,1H3,(H,16,17). The molecule has 0 spiro atoms. The number of hydrogen-bond donors (Lipinski definition) is 2. The molecular formula is C12H11NO6. The summed E-state index contributed by atoms with van der Waals surface area (Å²) in [5, 5.41) is 18.3. The first-order valence-electron chi connectivity index (χ1n) is 5.30. The molecule has 0 saturated carbocycles. The lowest BCUT2D eigenvalue weighted by Gasteiger charge is -2.21. The van der Waals surface area contributed by atoms with Crippen LogP contribution >= 0.6 is 0 Å². The van der Waals surface area contributed by atoms with Gasteiger partial charge in [-0.2, -0.15) is 4.99 Å². The van der Waals surface area contributed by atoms with Crippen LogP contribution in [0, 0.1) is 0 Å². The van der Waals surface area contributed by atoms with Gasteiger partial charge in [-0.3, -0.25) is 0 Å². The summed E-state index contributed by atoms with van der Waals surface area (Å²) in [6, 6.07) is 5.29. The monoisotopic (exact) mass is 265 g/mol. The number of nitrogens with zero attached hydrogens (tertiary/aromatic N) is 1. The van der Waals surface area contributed by atoms with Gasteiger partial charge in [-0.25, -0.2) is 14.4 Å². The molecule has 1 unspecified atom stereocenters. The molecule has 0 aromatic heterocycles. The largest absolute Gasteiger partial charge is 0.476 e. The Labute approximate surface area is 108 Å². The zero-order valence-electron chi connectivity index (χ0n) is 9.99. The topological polar surface area (TPSA) is 113 Å². The molecule has 0 bridgehead atoms. The Hall–Kier alpha value is -2.50. The third-order valence-electron chi connectivity index (χ3n) is 2.35. The maximum atomic E-state index is 11.6. The fraction of sp³-hybridized carbons (Fsp3) is 0.250. The minimum absolute atomic E-state index is 0.0259. The Morgan fingerprint density at radius 2 is 1.95 bits per heavy atom. The first-order chi connectivity index (χ1) is 8.92. The number of rotatable bonds is 5. The van der Waals surface area contributed by atoms with Gasteiger partial charge in [0.05, 0.1) is 11.3 Å². The van der Waals surface area contributed by atoms with Crippen molar-refractivity contribution in [1.29, 1.82) is 0 Å². The molecule has 1 aromatic rings. The van der Waals surface area contributed by atoms with Crippen LogP contribution in [0.3, 0.4) is 0 Å². The molecular weight excluding hydrogens is 254 g/mol. The average molecular weight is 265 g/mol. The van der Waals surface area contributed by atoms with Crippen LogP contribution in [0.4, 0.5) is 5.69 Å². The Kier molecular flexibility index (Phi) is 4.52. The number of hydrogen-bond acceptors (Lipinski definition) is 6. The number of ether oxygens (including phenoxy) is 1. The predicted molar refractivity (Wildman–Crippen MR) is 62.5 cm³/mol. The van der Waals surface area contributed by atoms with Crippen molar-refractivity contribution in [2.24, 2.45) is 4.99 Å². The minimum atomic E-state index is -2.56. The van der Waals surface area contributed by atoms with Crippen LogP contribution in [0.5, 0.6) is 0 Å². The summed E-state index contributed by atoms with van der Waals surface area (Å²) in [7, 11) is 0. The van der Waals surface area contributed by atoms with Crippen LogP contribution in [-0.4, -0.2) is 34.0 Å². The molecule has 0 heterocycles. The van der Waals surface area contributed by atoms with Gasteiger partial charge in [0, 0.05) is 6.42 Å². The first kappa shape index (κ1) is 14.6. The van der Waals surface area contributed by atoms with Crippen LogP contribution in [0.1, 0.15) is 23.7 Å². The molecule has 7 heteroatoms. The highest BCUT2D eigenvalue weighted by atomic mass is 16.7. The van der Waals surface area contributed by atoms with Gasteiger partial charge < -0.3 is 14.9 Å². The van der Waals surface area contributed by atoms with Gasteiger partial charge in [0.2, 0.25) is 6.08 Å². The van der Waals surface area contributed by atoms with Crippen molar-refractivity contribution in [3.63, 3.8) is 0 Å². The summed E-state index contributed by atoms with van der Waals surface area (Å²) in [4.78, 5) is 35.8. The average Bonchev–Trinajstić information content (AvgIpc) is 2.39. The van der Waals surface area contributed by atoms with Gasteiger partial charge >= 0.3 is 17.7 Å². The highest BCUT2D eigenvalue weighted by molar-refractivity contribution is 5.92. The third kappa shape index (κ3) is 3.48. The van der Waals surface area contributed by atoms with Crippen molar-refractivity contribution in [2.75, 3.05) is 0 Å². The van der Waals surface area contributed by atoms with Crippen LogP contribution in [0.25, 0.3) is 0 Å². The molecule has 0 aliphatic rings. The second kappa shape index (κ2) is 5.90. The number of esters is 1. The number of carbonyl (C=O) groups is 2. The van der Waals surface area contributed by atoms with E-state index in [1.165, 1.54) is 37.3 Å². The van der Waals surface area contributed by atoms with E-state index in [1.807, 2.05) is 0 Å². The number of aliphatic carboxylic acids is 1. The maximum absolute atomic E-state index is 11.6. The first-order valence-corrected chi connectivity index (χ1v) is 5.30. The number of carboxylic acid groups (broad SMARTS) is 1. The number of carboxylic acids is 1.